The van der Waals surface area contributed by atoms with E-state index in [1.54, 1.807) is 0 Å². The average Bonchev–Trinajstić information content (AvgIpc) is 2.46. The molecule has 8 heteroatoms. The predicted octanol–water partition coefficient (Wildman–Crippen LogP) is 0.786. The van der Waals surface area contributed by atoms with Crippen molar-refractivity contribution in [2.75, 3.05) is 26.8 Å². The zero-order valence-corrected chi connectivity index (χ0v) is 12.8. The third-order valence-corrected chi connectivity index (χ3v) is 4.79. The molecule has 0 saturated carbocycles. The van der Waals surface area contributed by atoms with Crippen LogP contribution >= 0.6 is 0 Å². The maximum Gasteiger partial charge on any atom is 0.335 e. The second-order valence-corrected chi connectivity index (χ2v) is 6.20. The van der Waals surface area contributed by atoms with Gasteiger partial charge in [-0.05, 0) is 24.6 Å². The summed E-state index contributed by atoms with van der Waals surface area (Å²) < 4.78 is 31.3. The van der Waals surface area contributed by atoms with Crippen LogP contribution in [0.3, 0.4) is 0 Å². The molecule has 0 aliphatic carbocycles. The lowest BCUT2D eigenvalue weighted by molar-refractivity contribution is 0.0696. The highest BCUT2D eigenvalue weighted by Gasteiger charge is 2.27. The minimum absolute atomic E-state index is 0.0278. The number of carboxylic acid groups (broad SMARTS) is 1. The largest absolute Gasteiger partial charge is 0.495 e. The van der Waals surface area contributed by atoms with Gasteiger partial charge in [-0.1, -0.05) is 6.92 Å². The summed E-state index contributed by atoms with van der Waals surface area (Å²) in [5, 5.41) is 17.9. The molecule has 0 spiro atoms. The van der Waals surface area contributed by atoms with Crippen LogP contribution in [-0.2, 0) is 10.0 Å². The zero-order chi connectivity index (χ0) is 16.0. The molecule has 1 rings (SSSR count). The lowest BCUT2D eigenvalue weighted by atomic mass is 10.2. The van der Waals surface area contributed by atoms with Gasteiger partial charge in [0, 0.05) is 13.1 Å². The van der Waals surface area contributed by atoms with E-state index in [0.717, 1.165) is 10.4 Å². The van der Waals surface area contributed by atoms with Gasteiger partial charge in [0.15, 0.2) is 0 Å². The number of nitrogens with zero attached hydrogens (tertiary/aromatic N) is 1. The molecule has 0 aliphatic rings. The van der Waals surface area contributed by atoms with Crippen molar-refractivity contribution >= 4 is 16.0 Å². The second kappa shape index (κ2) is 7.39. The minimum atomic E-state index is -3.86. The molecule has 0 aliphatic heterocycles. The lowest BCUT2D eigenvalue weighted by Crippen LogP contribution is -2.34. The minimum Gasteiger partial charge on any atom is -0.495 e. The fraction of sp³-hybridized carbons (Fsp3) is 0.462. The number of aliphatic hydroxyl groups is 1. The fourth-order valence-electron chi connectivity index (χ4n) is 1.87. The number of methoxy groups -OCH3 is 1. The van der Waals surface area contributed by atoms with Gasteiger partial charge in [-0.25, -0.2) is 13.2 Å². The molecule has 118 valence electrons. The van der Waals surface area contributed by atoms with Crippen LogP contribution in [0.5, 0.6) is 5.75 Å². The number of hydrogen-bond donors (Lipinski definition) is 2. The number of sulfonamides is 1. The SMILES string of the molecule is CCCN(CCO)S(=O)(=O)c1ccc(C(=O)O)cc1OC. The van der Waals surface area contributed by atoms with Crippen molar-refractivity contribution in [3.8, 4) is 5.75 Å². The van der Waals surface area contributed by atoms with E-state index in [0.29, 0.717) is 6.42 Å². The molecule has 0 bridgehead atoms. The molecule has 0 unspecified atom stereocenters. The maximum absolute atomic E-state index is 12.6. The Morgan fingerprint density at radius 2 is 2.00 bits per heavy atom. The summed E-state index contributed by atoms with van der Waals surface area (Å²) in [6, 6.07) is 3.58. The van der Waals surface area contributed by atoms with Crippen LogP contribution in [0.25, 0.3) is 0 Å². The van der Waals surface area contributed by atoms with Crippen LogP contribution in [0.1, 0.15) is 23.7 Å². The maximum atomic E-state index is 12.6. The molecule has 0 radical (unpaired) electrons. The van der Waals surface area contributed by atoms with Crippen LogP contribution in [0.4, 0.5) is 0 Å². The van der Waals surface area contributed by atoms with Crippen molar-refractivity contribution in [1.82, 2.24) is 4.31 Å². The van der Waals surface area contributed by atoms with Crippen LogP contribution in [-0.4, -0.2) is 55.7 Å². The third-order valence-electron chi connectivity index (χ3n) is 2.85. The lowest BCUT2D eigenvalue weighted by Gasteiger charge is -2.22. The highest BCUT2D eigenvalue weighted by atomic mass is 32.2. The van der Waals surface area contributed by atoms with Gasteiger partial charge in [-0.15, -0.1) is 0 Å². The van der Waals surface area contributed by atoms with Crippen molar-refractivity contribution < 1.29 is 28.2 Å². The quantitative estimate of drug-likeness (QED) is 0.734. The smallest absolute Gasteiger partial charge is 0.335 e. The summed E-state index contributed by atoms with van der Waals surface area (Å²) in [7, 11) is -2.58. The number of aliphatic hydroxyl groups excluding tert-OH is 1. The molecule has 0 atom stereocenters. The highest BCUT2D eigenvalue weighted by molar-refractivity contribution is 7.89. The molecule has 21 heavy (non-hydrogen) atoms. The third kappa shape index (κ3) is 3.93. The molecule has 0 fully saturated rings. The first-order chi connectivity index (χ1) is 9.88. The Labute approximate surface area is 123 Å². The van der Waals surface area contributed by atoms with E-state index >= 15 is 0 Å². The number of aromatic carboxylic acids is 1. The molecule has 0 aromatic heterocycles. The van der Waals surface area contributed by atoms with E-state index in [-0.39, 0.29) is 35.9 Å². The van der Waals surface area contributed by atoms with Gasteiger partial charge < -0.3 is 14.9 Å². The van der Waals surface area contributed by atoms with Crippen LogP contribution in [0.2, 0.25) is 0 Å². The van der Waals surface area contributed by atoms with E-state index in [1.807, 2.05) is 6.92 Å². The Bertz CT molecular complexity index is 593. The van der Waals surface area contributed by atoms with Crippen LogP contribution in [0, 0.1) is 0 Å². The summed E-state index contributed by atoms with van der Waals surface area (Å²) in [5.41, 5.74) is -0.0602. The van der Waals surface area contributed by atoms with Crippen molar-refractivity contribution in [3.63, 3.8) is 0 Å². The van der Waals surface area contributed by atoms with E-state index < -0.39 is 16.0 Å². The van der Waals surface area contributed by atoms with Gasteiger partial charge in [0.05, 0.1) is 19.3 Å². The molecular weight excluding hydrogens is 298 g/mol. The Balaban J connectivity index is 3.32. The van der Waals surface area contributed by atoms with Gasteiger partial charge in [-0.2, -0.15) is 4.31 Å². The number of hydrogen-bond acceptors (Lipinski definition) is 5. The molecule has 2 N–H and O–H groups in total. The van der Waals surface area contributed by atoms with E-state index in [2.05, 4.69) is 0 Å². The number of rotatable bonds is 8. The topological polar surface area (TPSA) is 104 Å². The normalized spacial score (nSPS) is 11.6. The van der Waals surface area contributed by atoms with Crippen LogP contribution in [0.15, 0.2) is 23.1 Å². The fourth-order valence-corrected chi connectivity index (χ4v) is 3.53. The summed E-state index contributed by atoms with van der Waals surface area (Å²) in [6.07, 6.45) is 0.592. The Hall–Kier alpha value is -1.64. The van der Waals surface area contributed by atoms with Crippen molar-refractivity contribution in [2.45, 2.75) is 18.2 Å². The van der Waals surface area contributed by atoms with Crippen LogP contribution < -0.4 is 4.74 Å². The van der Waals surface area contributed by atoms with Gasteiger partial charge >= 0.3 is 5.97 Å². The summed E-state index contributed by atoms with van der Waals surface area (Å²) in [4.78, 5) is 10.8. The highest BCUT2D eigenvalue weighted by Crippen LogP contribution is 2.28. The zero-order valence-electron chi connectivity index (χ0n) is 11.9. The Kier molecular flexibility index (Phi) is 6.13. The second-order valence-electron chi connectivity index (χ2n) is 4.30. The standard InChI is InChI=1S/C13H19NO6S/c1-3-6-14(7-8-15)21(18,19)12-5-4-10(13(16)17)9-11(12)20-2/h4-5,9,15H,3,6-8H2,1-2H3,(H,16,17). The van der Waals surface area contributed by atoms with Gasteiger partial charge in [0.2, 0.25) is 10.0 Å². The van der Waals surface area contributed by atoms with Gasteiger partial charge in [0.25, 0.3) is 0 Å². The summed E-state index contributed by atoms with van der Waals surface area (Å²) >= 11 is 0. The number of benzene rings is 1. The average molecular weight is 317 g/mol. The Morgan fingerprint density at radius 3 is 2.48 bits per heavy atom. The van der Waals surface area contributed by atoms with Crippen molar-refractivity contribution in [2.24, 2.45) is 0 Å². The predicted molar refractivity (Wildman–Crippen MR) is 76.1 cm³/mol. The molecule has 0 heterocycles. The Morgan fingerprint density at radius 1 is 1.33 bits per heavy atom. The molecule has 0 saturated heterocycles. The molecule has 7 nitrogen and oxygen atoms in total. The number of carbonyl (C=O) groups is 1. The number of carboxylic acids is 1. The molecular formula is C13H19NO6S. The van der Waals surface area contributed by atoms with E-state index in [9.17, 15) is 13.2 Å². The van der Waals surface area contributed by atoms with Gasteiger partial charge in [0.1, 0.15) is 10.6 Å². The van der Waals surface area contributed by atoms with E-state index in [4.69, 9.17) is 14.9 Å². The van der Waals surface area contributed by atoms with Crippen molar-refractivity contribution in [1.29, 1.82) is 0 Å². The first-order valence-electron chi connectivity index (χ1n) is 6.40. The van der Waals surface area contributed by atoms with E-state index in [1.165, 1.54) is 19.2 Å². The summed E-state index contributed by atoms with van der Waals surface area (Å²) in [6.45, 7) is 1.76. The summed E-state index contributed by atoms with van der Waals surface area (Å²) in [5.74, 6) is -1.20. The number of ether oxygens (including phenoxy) is 1. The molecule has 0 amide bonds. The molecule has 1 aromatic carbocycles. The molecule has 1 aromatic rings. The first kappa shape index (κ1) is 17.4. The first-order valence-corrected chi connectivity index (χ1v) is 7.84. The van der Waals surface area contributed by atoms with Crippen molar-refractivity contribution in [3.05, 3.63) is 23.8 Å². The monoisotopic (exact) mass is 317 g/mol. The van der Waals surface area contributed by atoms with Gasteiger partial charge in [-0.3, -0.25) is 0 Å².